The molecule has 0 spiro atoms. The largest absolute Gasteiger partial charge is 0.508 e. The molecule has 0 radical (unpaired) electrons. The molecule has 2 aromatic rings. The van der Waals surface area contributed by atoms with Crippen LogP contribution in [0.25, 0.3) is 0 Å². The first-order valence-corrected chi connectivity index (χ1v) is 9.48. The van der Waals surface area contributed by atoms with Crippen molar-refractivity contribution in [2.45, 2.75) is 42.2 Å². The number of phenolic OH excluding ortho intramolecular Hbond substituents is 1. The van der Waals surface area contributed by atoms with Gasteiger partial charge in [0.1, 0.15) is 11.1 Å². The van der Waals surface area contributed by atoms with Gasteiger partial charge in [0, 0.05) is 28.6 Å². The number of β-amino-alcohol motifs (C(OH)–C–C–N with tert-alkyl or cyclic N) is 1. The van der Waals surface area contributed by atoms with Crippen LogP contribution in [0.1, 0.15) is 31.1 Å². The van der Waals surface area contributed by atoms with Crippen molar-refractivity contribution in [1.82, 2.24) is 5.32 Å². The number of thioether (sulfide) groups is 1. The van der Waals surface area contributed by atoms with E-state index in [0.29, 0.717) is 17.8 Å². The maximum atomic E-state index is 11.1. The predicted molar refractivity (Wildman–Crippen MR) is 105 cm³/mol. The predicted octanol–water partition coefficient (Wildman–Crippen LogP) is 3.08. The molecule has 0 bridgehead atoms. The molecule has 1 heterocycles. The van der Waals surface area contributed by atoms with E-state index in [4.69, 9.17) is 0 Å². The average molecular weight is 372 g/mol. The summed E-state index contributed by atoms with van der Waals surface area (Å²) < 4.78 is 0. The van der Waals surface area contributed by atoms with Gasteiger partial charge in [0.2, 0.25) is 0 Å². The first-order valence-electron chi connectivity index (χ1n) is 8.60. The van der Waals surface area contributed by atoms with Gasteiger partial charge in [-0.1, -0.05) is 42.1 Å². The van der Waals surface area contributed by atoms with Gasteiger partial charge >= 0.3 is 0 Å². The fraction of sp³-hybridized carbons (Fsp3) is 0.350. The van der Waals surface area contributed by atoms with E-state index in [1.165, 1.54) is 17.3 Å². The first kappa shape index (κ1) is 18.8. The lowest BCUT2D eigenvalue weighted by molar-refractivity contribution is -0.107. The molecule has 1 aliphatic rings. The summed E-state index contributed by atoms with van der Waals surface area (Å²) in [5.41, 5.74) is 2.35. The Kier molecular flexibility index (Phi) is 5.55. The van der Waals surface area contributed by atoms with Gasteiger partial charge in [0.05, 0.1) is 11.8 Å². The highest BCUT2D eigenvalue weighted by Crippen LogP contribution is 2.44. The van der Waals surface area contributed by atoms with E-state index in [9.17, 15) is 15.0 Å². The third-order valence-corrected chi connectivity index (χ3v) is 5.56. The summed E-state index contributed by atoms with van der Waals surface area (Å²) in [4.78, 5) is 11.9. The lowest BCUT2D eigenvalue weighted by Gasteiger charge is -2.28. The second-order valence-electron chi connectivity index (χ2n) is 7.17. The maximum Gasteiger partial charge on any atom is 0.152 e. The van der Waals surface area contributed by atoms with Crippen molar-refractivity contribution in [1.29, 1.82) is 0 Å². The molecular formula is C20H24N2O3S. The van der Waals surface area contributed by atoms with E-state index in [2.05, 4.69) is 36.6 Å². The number of carbonyl (C=O) groups excluding carboxylic acids is 1. The van der Waals surface area contributed by atoms with E-state index in [0.717, 1.165) is 17.6 Å². The van der Waals surface area contributed by atoms with Crippen LogP contribution in [0.4, 0.5) is 5.69 Å². The van der Waals surface area contributed by atoms with Crippen LogP contribution in [0.15, 0.2) is 47.4 Å². The molecule has 6 heteroatoms. The molecule has 5 nitrogen and oxygen atoms in total. The number of rotatable bonds is 7. The number of aliphatic hydroxyl groups is 1. The second-order valence-corrected chi connectivity index (χ2v) is 8.33. The van der Waals surface area contributed by atoms with Crippen LogP contribution in [0.2, 0.25) is 0 Å². The van der Waals surface area contributed by atoms with Gasteiger partial charge in [-0.3, -0.25) is 0 Å². The van der Waals surface area contributed by atoms with E-state index < -0.39 is 6.10 Å². The summed E-state index contributed by atoms with van der Waals surface area (Å²) >= 11 is 1.36. The summed E-state index contributed by atoms with van der Waals surface area (Å²) in [6.45, 7) is 4.54. The van der Waals surface area contributed by atoms with Crippen molar-refractivity contribution < 1.29 is 15.0 Å². The summed E-state index contributed by atoms with van der Waals surface area (Å²) in [5, 5.41) is 26.7. The highest BCUT2D eigenvalue weighted by molar-refractivity contribution is 8.01. The van der Waals surface area contributed by atoms with Gasteiger partial charge in [-0.2, -0.15) is 0 Å². The Morgan fingerprint density at radius 2 is 2.04 bits per heavy atom. The fourth-order valence-corrected chi connectivity index (χ4v) is 4.22. The Hall–Kier alpha value is -2.02. The SMILES string of the molecule is CC(C)(Cc1ccccc1)NCC(O)c1cc(O)cc2c1S[C@H](C=O)N2. The van der Waals surface area contributed by atoms with E-state index >= 15 is 0 Å². The number of aromatic hydroxyl groups is 1. The summed E-state index contributed by atoms with van der Waals surface area (Å²) in [6.07, 6.45) is 0.868. The molecule has 0 fully saturated rings. The molecule has 4 N–H and O–H groups in total. The zero-order valence-corrected chi connectivity index (χ0v) is 15.7. The quantitative estimate of drug-likeness (QED) is 0.559. The number of nitrogens with one attached hydrogen (secondary N) is 2. The van der Waals surface area contributed by atoms with Gasteiger partial charge in [-0.05, 0) is 31.9 Å². The molecule has 2 aromatic carbocycles. The number of carbonyl (C=O) groups is 1. The molecule has 3 rings (SSSR count). The van der Waals surface area contributed by atoms with Gasteiger partial charge < -0.3 is 25.6 Å². The van der Waals surface area contributed by atoms with E-state index in [-0.39, 0.29) is 16.7 Å². The Balaban J connectivity index is 1.69. The van der Waals surface area contributed by atoms with E-state index in [1.807, 2.05) is 18.2 Å². The standard InChI is InChI=1S/C20H24N2O3S/c1-20(2,10-13-6-4-3-5-7-13)21-11-17(25)15-8-14(24)9-16-19(15)26-18(12-23)22-16/h3-9,12,17-18,21-22,24-25H,10-11H2,1-2H3/t17?,18-/m1/s1. The smallest absolute Gasteiger partial charge is 0.152 e. The Labute approximate surface area is 157 Å². The van der Waals surface area contributed by atoms with Gasteiger partial charge in [-0.15, -0.1) is 0 Å². The van der Waals surface area contributed by atoms with Crippen molar-refractivity contribution in [3.8, 4) is 5.75 Å². The lowest BCUT2D eigenvalue weighted by atomic mass is 9.94. The van der Waals surface area contributed by atoms with Crippen molar-refractivity contribution in [3.05, 3.63) is 53.6 Å². The number of hydrogen-bond acceptors (Lipinski definition) is 6. The lowest BCUT2D eigenvalue weighted by Crippen LogP contribution is -2.43. The number of phenols is 1. The van der Waals surface area contributed by atoms with Crippen LogP contribution in [0.5, 0.6) is 5.75 Å². The first-order chi connectivity index (χ1) is 12.4. The molecule has 1 unspecified atom stereocenters. The molecule has 1 aliphatic heterocycles. The summed E-state index contributed by atoms with van der Waals surface area (Å²) in [6, 6.07) is 13.3. The Bertz CT molecular complexity index is 780. The third kappa shape index (κ3) is 4.38. The molecule has 0 saturated carbocycles. The number of aliphatic hydroxyl groups excluding tert-OH is 1. The highest BCUT2D eigenvalue weighted by atomic mass is 32.2. The Morgan fingerprint density at radius 1 is 1.31 bits per heavy atom. The molecule has 2 atom stereocenters. The van der Waals surface area contributed by atoms with Crippen LogP contribution < -0.4 is 10.6 Å². The fourth-order valence-electron chi connectivity index (χ4n) is 3.14. The van der Waals surface area contributed by atoms with Crippen molar-refractivity contribution in [3.63, 3.8) is 0 Å². The van der Waals surface area contributed by atoms with E-state index in [1.54, 1.807) is 12.1 Å². The number of benzene rings is 2. The maximum absolute atomic E-state index is 11.1. The normalized spacial score (nSPS) is 17.4. The van der Waals surface area contributed by atoms with Crippen LogP contribution in [-0.4, -0.2) is 34.0 Å². The molecular weight excluding hydrogens is 348 g/mol. The monoisotopic (exact) mass is 372 g/mol. The molecule has 0 amide bonds. The highest BCUT2D eigenvalue weighted by Gasteiger charge is 2.28. The average Bonchev–Trinajstić information content (AvgIpc) is 3.02. The van der Waals surface area contributed by atoms with Crippen LogP contribution >= 0.6 is 11.8 Å². The number of anilines is 1. The zero-order chi connectivity index (χ0) is 18.7. The molecule has 0 saturated heterocycles. The van der Waals surface area contributed by atoms with Crippen LogP contribution in [0.3, 0.4) is 0 Å². The number of hydrogen-bond donors (Lipinski definition) is 4. The van der Waals surface area contributed by atoms with Gasteiger partial charge in [-0.25, -0.2) is 0 Å². The molecule has 26 heavy (non-hydrogen) atoms. The van der Waals surface area contributed by atoms with Crippen LogP contribution in [0, 0.1) is 0 Å². The number of aldehydes is 1. The number of fused-ring (bicyclic) bond motifs is 1. The Morgan fingerprint density at radius 3 is 2.73 bits per heavy atom. The molecule has 0 aliphatic carbocycles. The minimum absolute atomic E-state index is 0.0704. The van der Waals surface area contributed by atoms with Crippen molar-refractivity contribution in [2.24, 2.45) is 0 Å². The molecule has 0 aromatic heterocycles. The zero-order valence-electron chi connectivity index (χ0n) is 14.9. The van der Waals surface area contributed by atoms with Crippen LogP contribution in [-0.2, 0) is 11.2 Å². The third-order valence-electron chi connectivity index (χ3n) is 4.39. The van der Waals surface area contributed by atoms with Crippen molar-refractivity contribution in [2.75, 3.05) is 11.9 Å². The van der Waals surface area contributed by atoms with Gasteiger partial charge in [0.15, 0.2) is 6.29 Å². The molecule has 138 valence electrons. The van der Waals surface area contributed by atoms with Crippen molar-refractivity contribution >= 4 is 23.7 Å². The second kappa shape index (κ2) is 7.70. The minimum atomic E-state index is -0.786. The summed E-state index contributed by atoms with van der Waals surface area (Å²) in [7, 11) is 0. The minimum Gasteiger partial charge on any atom is -0.508 e. The topological polar surface area (TPSA) is 81.6 Å². The summed E-state index contributed by atoms with van der Waals surface area (Å²) in [5.74, 6) is 0.0704. The van der Waals surface area contributed by atoms with Gasteiger partial charge in [0.25, 0.3) is 0 Å².